The topological polar surface area (TPSA) is 85.4 Å². The number of H-pyrrole nitrogens is 1. The largest absolute Gasteiger partial charge is 0.368 e. The number of rotatable bonds is 4. The van der Waals surface area contributed by atoms with Gasteiger partial charge in [0.25, 0.3) is 0 Å². The SMILES string of the molecule is CC(C)C.CCCS.CCn1ncc2cc(-c3c[nH]c4cnc(N)nc34)cc(-c3cc4ccccc4s3)c21. The predicted octanol–water partition coefficient (Wildman–Crippen LogP) is 8.45. The summed E-state index contributed by atoms with van der Waals surface area (Å²) in [5.41, 5.74) is 12.0. The molecule has 0 atom stereocenters. The van der Waals surface area contributed by atoms with Crippen LogP contribution in [0.2, 0.25) is 0 Å². The number of benzene rings is 2. The van der Waals surface area contributed by atoms with E-state index in [-0.39, 0.29) is 5.95 Å². The monoisotopic (exact) mass is 544 g/mol. The van der Waals surface area contributed by atoms with Crippen molar-refractivity contribution in [2.45, 2.75) is 47.6 Å². The fourth-order valence-electron chi connectivity index (χ4n) is 4.08. The van der Waals surface area contributed by atoms with Crippen LogP contribution >= 0.6 is 24.0 Å². The molecule has 4 heterocycles. The zero-order valence-corrected chi connectivity index (χ0v) is 24.4. The highest BCUT2D eigenvalue weighted by molar-refractivity contribution is 7.80. The molecule has 8 heteroatoms. The lowest BCUT2D eigenvalue weighted by molar-refractivity contribution is 0.684. The van der Waals surface area contributed by atoms with Gasteiger partial charge in [-0.1, -0.05) is 45.9 Å². The standard InChI is InChI=1S/C23H18N6S.C4H10.C3H8S/c1-2-29-22-15(10-27-29)7-14(17-11-25-18-12-26-23(24)28-21(17)18)8-16(22)20-9-13-5-3-4-6-19(13)30-20;1-4(2)3;1-2-3-4/h3-12,25H,2H2,1H3,(H2,24,26,28);4H,1-3H3;4H,2-3H2,1H3. The van der Waals surface area contributed by atoms with Gasteiger partial charge < -0.3 is 10.7 Å². The van der Waals surface area contributed by atoms with E-state index in [0.717, 1.165) is 51.3 Å². The molecule has 0 fully saturated rings. The van der Waals surface area contributed by atoms with E-state index >= 15 is 0 Å². The average molecular weight is 545 g/mol. The second-order valence-electron chi connectivity index (χ2n) is 9.72. The molecule has 3 N–H and O–H groups in total. The maximum absolute atomic E-state index is 5.86. The maximum Gasteiger partial charge on any atom is 0.220 e. The molecule has 0 aliphatic heterocycles. The molecule has 0 aliphatic rings. The fraction of sp³-hybridized carbons (Fsp3) is 0.300. The molecular formula is C30H36N6S2. The van der Waals surface area contributed by atoms with Crippen molar-refractivity contribution in [3.63, 3.8) is 0 Å². The molecule has 38 heavy (non-hydrogen) atoms. The van der Waals surface area contributed by atoms with Crippen LogP contribution in [0, 0.1) is 5.92 Å². The van der Waals surface area contributed by atoms with Crippen molar-refractivity contribution in [3.05, 3.63) is 61.1 Å². The highest BCUT2D eigenvalue weighted by Crippen LogP contribution is 2.40. The van der Waals surface area contributed by atoms with Crippen LogP contribution in [0.5, 0.6) is 0 Å². The van der Waals surface area contributed by atoms with Crippen LogP contribution in [0.3, 0.4) is 0 Å². The Bertz CT molecular complexity index is 1610. The summed E-state index contributed by atoms with van der Waals surface area (Å²) in [4.78, 5) is 13.0. The van der Waals surface area contributed by atoms with E-state index in [1.54, 1.807) is 17.5 Å². The number of fused-ring (bicyclic) bond motifs is 3. The molecule has 0 spiro atoms. The summed E-state index contributed by atoms with van der Waals surface area (Å²) >= 11 is 5.73. The van der Waals surface area contributed by atoms with E-state index in [1.165, 1.54) is 26.9 Å². The van der Waals surface area contributed by atoms with E-state index in [4.69, 9.17) is 5.73 Å². The van der Waals surface area contributed by atoms with E-state index < -0.39 is 0 Å². The van der Waals surface area contributed by atoms with Crippen LogP contribution in [0.15, 0.2) is 61.1 Å². The summed E-state index contributed by atoms with van der Waals surface area (Å²) in [6.45, 7) is 11.5. The van der Waals surface area contributed by atoms with Gasteiger partial charge in [-0.05, 0) is 60.2 Å². The lowest BCUT2D eigenvalue weighted by atomic mass is 10.0. The molecule has 6 rings (SSSR count). The molecule has 0 saturated heterocycles. The van der Waals surface area contributed by atoms with Gasteiger partial charge in [0.15, 0.2) is 0 Å². The number of aromatic amines is 1. The van der Waals surface area contributed by atoms with E-state index in [9.17, 15) is 0 Å². The van der Waals surface area contributed by atoms with Gasteiger partial charge >= 0.3 is 0 Å². The Kier molecular flexibility index (Phi) is 9.07. The minimum atomic E-state index is 0.271. The maximum atomic E-state index is 5.86. The highest BCUT2D eigenvalue weighted by Gasteiger charge is 2.17. The van der Waals surface area contributed by atoms with Gasteiger partial charge in [0.1, 0.15) is 5.52 Å². The average Bonchev–Trinajstić information content (AvgIpc) is 3.63. The summed E-state index contributed by atoms with van der Waals surface area (Å²) in [6.07, 6.45) is 6.82. The lowest BCUT2D eigenvalue weighted by Crippen LogP contribution is -1.97. The number of nitrogens with zero attached hydrogens (tertiary/aromatic N) is 4. The molecule has 6 nitrogen and oxygen atoms in total. The Hall–Kier alpha value is -3.36. The summed E-state index contributed by atoms with van der Waals surface area (Å²) in [5, 5.41) is 6.99. The van der Waals surface area contributed by atoms with Gasteiger partial charge in [-0.3, -0.25) is 4.68 Å². The van der Waals surface area contributed by atoms with Crippen LogP contribution in [0.25, 0.3) is 53.6 Å². The number of aromatic nitrogens is 5. The van der Waals surface area contributed by atoms with Gasteiger partial charge in [0.2, 0.25) is 5.95 Å². The van der Waals surface area contributed by atoms with Crippen LogP contribution in [-0.2, 0) is 6.54 Å². The first-order valence-corrected chi connectivity index (χ1v) is 14.5. The molecule has 0 saturated carbocycles. The van der Waals surface area contributed by atoms with Crippen molar-refractivity contribution >= 4 is 61.9 Å². The Balaban J connectivity index is 0.000000373. The third kappa shape index (κ3) is 6.03. The van der Waals surface area contributed by atoms with Gasteiger partial charge in [-0.15, -0.1) is 11.3 Å². The summed E-state index contributed by atoms with van der Waals surface area (Å²) in [5.74, 6) is 2.12. The van der Waals surface area contributed by atoms with E-state index in [1.807, 2.05) is 12.4 Å². The quantitative estimate of drug-likeness (QED) is 0.194. The second-order valence-corrected chi connectivity index (χ2v) is 11.2. The zero-order chi connectivity index (χ0) is 27.2. The molecule has 0 radical (unpaired) electrons. The van der Waals surface area contributed by atoms with Crippen LogP contribution < -0.4 is 5.73 Å². The number of nitrogens with one attached hydrogen (secondary N) is 1. The number of hydrogen-bond donors (Lipinski definition) is 3. The molecule has 198 valence electrons. The number of aryl methyl sites for hydroxylation is 1. The third-order valence-corrected chi connectivity index (χ3v) is 7.29. The van der Waals surface area contributed by atoms with Crippen molar-refractivity contribution in [2.24, 2.45) is 5.92 Å². The van der Waals surface area contributed by atoms with Gasteiger partial charge in [-0.2, -0.15) is 17.7 Å². The Labute approximate surface area is 233 Å². The van der Waals surface area contributed by atoms with Crippen LogP contribution in [0.4, 0.5) is 5.95 Å². The minimum absolute atomic E-state index is 0.271. The first-order valence-electron chi connectivity index (χ1n) is 13.1. The molecular weight excluding hydrogens is 509 g/mol. The summed E-state index contributed by atoms with van der Waals surface area (Å²) in [7, 11) is 0. The van der Waals surface area contributed by atoms with Gasteiger partial charge in [0.05, 0.1) is 23.4 Å². The number of anilines is 1. The summed E-state index contributed by atoms with van der Waals surface area (Å²) in [6, 6.07) is 15.2. The third-order valence-electron chi connectivity index (χ3n) is 5.69. The first-order chi connectivity index (χ1) is 18.4. The number of thiol groups is 1. The summed E-state index contributed by atoms with van der Waals surface area (Å²) < 4.78 is 3.34. The molecule has 0 aliphatic carbocycles. The highest BCUT2D eigenvalue weighted by atomic mass is 32.1. The molecule has 4 aromatic heterocycles. The number of nitrogen functional groups attached to an aromatic ring is 1. The predicted molar refractivity (Wildman–Crippen MR) is 168 cm³/mol. The van der Waals surface area contributed by atoms with Crippen LogP contribution in [-0.4, -0.2) is 30.5 Å². The van der Waals surface area contributed by atoms with Crippen molar-refractivity contribution in [1.29, 1.82) is 0 Å². The second kappa shape index (κ2) is 12.5. The molecule has 0 amide bonds. The number of hydrogen-bond acceptors (Lipinski definition) is 6. The van der Waals surface area contributed by atoms with Crippen molar-refractivity contribution in [3.8, 4) is 21.6 Å². The Morgan fingerprint density at radius 1 is 1.03 bits per heavy atom. The van der Waals surface area contributed by atoms with Crippen molar-refractivity contribution in [2.75, 3.05) is 11.5 Å². The number of nitrogens with two attached hydrogens (primary N) is 1. The van der Waals surface area contributed by atoms with Gasteiger partial charge in [-0.25, -0.2) is 9.97 Å². The molecule has 6 aromatic rings. The normalized spacial score (nSPS) is 11.0. The Morgan fingerprint density at radius 3 is 2.45 bits per heavy atom. The molecule has 0 unspecified atom stereocenters. The zero-order valence-electron chi connectivity index (χ0n) is 22.7. The smallest absolute Gasteiger partial charge is 0.220 e. The van der Waals surface area contributed by atoms with Crippen molar-refractivity contribution < 1.29 is 0 Å². The Morgan fingerprint density at radius 2 is 1.76 bits per heavy atom. The number of thiophene rings is 1. The van der Waals surface area contributed by atoms with Gasteiger partial charge in [0, 0.05) is 38.8 Å². The molecule has 0 bridgehead atoms. The fourth-order valence-corrected chi connectivity index (χ4v) is 5.16. The van der Waals surface area contributed by atoms with Crippen molar-refractivity contribution in [1.82, 2.24) is 24.7 Å². The lowest BCUT2D eigenvalue weighted by Gasteiger charge is -2.09. The van der Waals surface area contributed by atoms with Crippen LogP contribution in [0.1, 0.15) is 41.0 Å². The minimum Gasteiger partial charge on any atom is -0.368 e. The molecule has 2 aromatic carbocycles. The van der Waals surface area contributed by atoms with E-state index in [0.29, 0.717) is 0 Å². The van der Waals surface area contributed by atoms with E-state index in [2.05, 4.69) is 114 Å². The first kappa shape index (κ1) is 27.7.